The van der Waals surface area contributed by atoms with Crippen LogP contribution >= 0.6 is 0 Å². The molecule has 0 spiro atoms. The van der Waals surface area contributed by atoms with E-state index >= 15 is 0 Å². The third-order valence-electron chi connectivity index (χ3n) is 3.41. The highest BCUT2D eigenvalue weighted by atomic mass is 19.1. The summed E-state index contributed by atoms with van der Waals surface area (Å²) < 4.78 is 18.5. The minimum atomic E-state index is -0.334. The van der Waals surface area contributed by atoms with E-state index < -0.39 is 0 Å². The maximum atomic E-state index is 12.8. The summed E-state index contributed by atoms with van der Waals surface area (Å²) >= 11 is 0. The highest BCUT2D eigenvalue weighted by Gasteiger charge is 2.05. The third-order valence-corrected chi connectivity index (χ3v) is 3.41. The number of anilines is 1. The quantitative estimate of drug-likeness (QED) is 0.675. The van der Waals surface area contributed by atoms with Gasteiger partial charge in [-0.3, -0.25) is 20.6 Å². The number of nitrogens with one attached hydrogen (secondary N) is 2. The van der Waals surface area contributed by atoms with Crippen LogP contribution in [0.1, 0.15) is 15.9 Å². The van der Waals surface area contributed by atoms with Crippen molar-refractivity contribution >= 4 is 11.6 Å². The van der Waals surface area contributed by atoms with E-state index in [1.165, 1.54) is 24.3 Å². The van der Waals surface area contributed by atoms with Crippen molar-refractivity contribution in [2.75, 3.05) is 5.43 Å². The first kappa shape index (κ1) is 16.4. The fourth-order valence-electron chi connectivity index (χ4n) is 2.09. The van der Waals surface area contributed by atoms with Gasteiger partial charge in [0.1, 0.15) is 18.2 Å². The van der Waals surface area contributed by atoms with Crippen molar-refractivity contribution < 1.29 is 13.9 Å². The molecule has 0 saturated heterocycles. The van der Waals surface area contributed by atoms with Crippen LogP contribution in [-0.4, -0.2) is 10.9 Å². The van der Waals surface area contributed by atoms with Gasteiger partial charge < -0.3 is 4.74 Å². The SMILES string of the molecule is O=C(NNc1ccc(F)cc1)c1ccc(OCc2cccnc2)cc1. The lowest BCUT2D eigenvalue weighted by Crippen LogP contribution is -2.29. The molecule has 1 aromatic heterocycles. The Balaban J connectivity index is 1.52. The van der Waals surface area contributed by atoms with Gasteiger partial charge >= 0.3 is 0 Å². The molecule has 25 heavy (non-hydrogen) atoms. The Kier molecular flexibility index (Phi) is 5.21. The lowest BCUT2D eigenvalue weighted by Gasteiger charge is -2.09. The van der Waals surface area contributed by atoms with E-state index in [1.54, 1.807) is 36.7 Å². The summed E-state index contributed by atoms with van der Waals surface area (Å²) in [5.41, 5.74) is 7.31. The summed E-state index contributed by atoms with van der Waals surface area (Å²) in [5, 5.41) is 0. The van der Waals surface area contributed by atoms with Gasteiger partial charge in [0.25, 0.3) is 5.91 Å². The van der Waals surface area contributed by atoms with Crippen molar-refractivity contribution in [3.05, 3.63) is 90.0 Å². The van der Waals surface area contributed by atoms with Crippen LogP contribution < -0.4 is 15.6 Å². The molecule has 1 amide bonds. The van der Waals surface area contributed by atoms with Crippen LogP contribution in [0.25, 0.3) is 0 Å². The van der Waals surface area contributed by atoms with Gasteiger partial charge in [-0.1, -0.05) is 6.07 Å². The molecule has 0 atom stereocenters. The molecule has 0 bridgehead atoms. The van der Waals surface area contributed by atoms with E-state index in [2.05, 4.69) is 15.8 Å². The van der Waals surface area contributed by atoms with E-state index in [0.717, 1.165) is 5.56 Å². The highest BCUT2D eigenvalue weighted by molar-refractivity contribution is 5.94. The Morgan fingerprint density at radius 2 is 1.80 bits per heavy atom. The van der Waals surface area contributed by atoms with Crippen LogP contribution in [0.5, 0.6) is 5.75 Å². The molecule has 6 heteroatoms. The molecular weight excluding hydrogens is 321 g/mol. The zero-order chi connectivity index (χ0) is 17.5. The fraction of sp³-hybridized carbons (Fsp3) is 0.0526. The van der Waals surface area contributed by atoms with Crippen LogP contribution in [-0.2, 0) is 6.61 Å². The predicted molar refractivity (Wildman–Crippen MR) is 92.5 cm³/mol. The number of aromatic nitrogens is 1. The number of amides is 1. The molecule has 0 aliphatic heterocycles. The molecule has 1 heterocycles. The zero-order valence-corrected chi connectivity index (χ0v) is 13.3. The molecule has 5 nitrogen and oxygen atoms in total. The number of hydrogen-bond donors (Lipinski definition) is 2. The fourth-order valence-corrected chi connectivity index (χ4v) is 2.09. The Morgan fingerprint density at radius 1 is 1.04 bits per heavy atom. The Labute approximate surface area is 144 Å². The lowest BCUT2D eigenvalue weighted by atomic mass is 10.2. The second kappa shape index (κ2) is 7.92. The Morgan fingerprint density at radius 3 is 2.48 bits per heavy atom. The second-order valence-corrected chi connectivity index (χ2v) is 5.26. The van der Waals surface area contributed by atoms with Gasteiger partial charge in [0.2, 0.25) is 0 Å². The van der Waals surface area contributed by atoms with Crippen molar-refractivity contribution in [1.82, 2.24) is 10.4 Å². The number of hydrogen-bond acceptors (Lipinski definition) is 4. The van der Waals surface area contributed by atoms with E-state index in [1.807, 2.05) is 12.1 Å². The number of carbonyl (C=O) groups is 1. The first-order chi connectivity index (χ1) is 12.2. The van der Waals surface area contributed by atoms with Crippen LogP contribution in [0.3, 0.4) is 0 Å². The maximum Gasteiger partial charge on any atom is 0.269 e. The minimum Gasteiger partial charge on any atom is -0.489 e. The van der Waals surface area contributed by atoms with Gasteiger partial charge in [-0.15, -0.1) is 0 Å². The molecule has 0 aliphatic carbocycles. The predicted octanol–water partition coefficient (Wildman–Crippen LogP) is 3.56. The second-order valence-electron chi connectivity index (χ2n) is 5.26. The average Bonchev–Trinajstić information content (AvgIpc) is 2.67. The van der Waals surface area contributed by atoms with E-state index in [-0.39, 0.29) is 11.7 Å². The van der Waals surface area contributed by atoms with E-state index in [4.69, 9.17) is 4.74 Å². The van der Waals surface area contributed by atoms with Gasteiger partial charge in [-0.25, -0.2) is 4.39 Å². The number of nitrogens with zero attached hydrogens (tertiary/aromatic N) is 1. The van der Waals surface area contributed by atoms with Crippen LogP contribution in [0.2, 0.25) is 0 Å². The van der Waals surface area contributed by atoms with Crippen molar-refractivity contribution in [3.63, 3.8) is 0 Å². The Bertz CT molecular complexity index is 822. The van der Waals surface area contributed by atoms with Crippen LogP contribution in [0, 0.1) is 5.82 Å². The molecule has 0 aliphatic rings. The van der Waals surface area contributed by atoms with Crippen molar-refractivity contribution in [3.8, 4) is 5.75 Å². The molecule has 2 aromatic carbocycles. The Hall–Kier alpha value is -3.41. The molecule has 0 unspecified atom stereocenters. The topological polar surface area (TPSA) is 63.2 Å². The summed E-state index contributed by atoms with van der Waals surface area (Å²) in [4.78, 5) is 16.1. The van der Waals surface area contributed by atoms with Gasteiger partial charge in [0.15, 0.2) is 0 Å². The number of carbonyl (C=O) groups excluding carboxylic acids is 1. The number of ether oxygens (including phenoxy) is 1. The first-order valence-electron chi connectivity index (χ1n) is 7.64. The molecule has 3 aromatic rings. The lowest BCUT2D eigenvalue weighted by molar-refractivity contribution is 0.0962. The molecule has 3 rings (SSSR count). The average molecular weight is 337 g/mol. The highest BCUT2D eigenvalue weighted by Crippen LogP contribution is 2.14. The minimum absolute atomic E-state index is 0.303. The largest absolute Gasteiger partial charge is 0.489 e. The first-order valence-corrected chi connectivity index (χ1v) is 7.64. The van der Waals surface area contributed by atoms with E-state index in [9.17, 15) is 9.18 Å². The summed E-state index contributed by atoms with van der Waals surface area (Å²) in [6, 6.07) is 16.2. The standard InChI is InChI=1S/C19H16FN3O2/c20-16-5-7-17(8-6-16)22-23-19(24)15-3-9-18(10-4-15)25-13-14-2-1-11-21-12-14/h1-12,22H,13H2,(H,23,24). The monoisotopic (exact) mass is 337 g/mol. The number of rotatable bonds is 6. The summed E-state index contributed by atoms with van der Waals surface area (Å²) in [7, 11) is 0. The van der Waals surface area contributed by atoms with Crippen molar-refractivity contribution in [2.24, 2.45) is 0 Å². The molecular formula is C19H16FN3O2. The van der Waals surface area contributed by atoms with Gasteiger partial charge in [-0.05, 0) is 54.6 Å². The van der Waals surface area contributed by atoms with Crippen LogP contribution in [0.15, 0.2) is 73.1 Å². The van der Waals surface area contributed by atoms with Crippen LogP contribution in [0.4, 0.5) is 10.1 Å². The van der Waals surface area contributed by atoms with Crippen molar-refractivity contribution in [2.45, 2.75) is 6.61 Å². The molecule has 0 fully saturated rings. The van der Waals surface area contributed by atoms with Gasteiger partial charge in [-0.2, -0.15) is 0 Å². The zero-order valence-electron chi connectivity index (χ0n) is 13.3. The number of hydrazine groups is 1. The third kappa shape index (κ3) is 4.78. The van der Waals surface area contributed by atoms with Gasteiger partial charge in [0.05, 0.1) is 5.69 Å². The normalized spacial score (nSPS) is 10.1. The number of pyridine rings is 1. The van der Waals surface area contributed by atoms with E-state index in [0.29, 0.717) is 23.6 Å². The summed E-state index contributed by atoms with van der Waals surface area (Å²) in [6.07, 6.45) is 3.44. The maximum absolute atomic E-state index is 12.8. The summed E-state index contributed by atoms with van der Waals surface area (Å²) in [5.74, 6) is 0.0220. The van der Waals surface area contributed by atoms with Gasteiger partial charge in [0, 0.05) is 23.5 Å². The molecule has 2 N–H and O–H groups in total. The van der Waals surface area contributed by atoms with Crippen molar-refractivity contribution in [1.29, 1.82) is 0 Å². The smallest absolute Gasteiger partial charge is 0.269 e. The number of halogens is 1. The molecule has 0 saturated carbocycles. The molecule has 0 radical (unpaired) electrons. The summed E-state index contributed by atoms with van der Waals surface area (Å²) in [6.45, 7) is 0.408. The molecule has 126 valence electrons. The number of benzene rings is 2.